The molecule has 0 rings (SSSR count). The number of hydrogen-bond acceptors (Lipinski definition) is 6. The fourth-order valence-corrected chi connectivity index (χ4v) is 0.593. The van der Waals surface area contributed by atoms with E-state index in [2.05, 4.69) is 22.6 Å². The van der Waals surface area contributed by atoms with Crippen molar-refractivity contribution in [1.29, 1.82) is 0 Å². The van der Waals surface area contributed by atoms with E-state index in [1.165, 1.54) is 0 Å². The van der Waals surface area contributed by atoms with Gasteiger partial charge in [-0.05, 0) is 6.42 Å². The van der Waals surface area contributed by atoms with Crippen LogP contribution in [0.25, 0.3) is 0 Å². The molecule has 0 aliphatic heterocycles. The molecule has 0 saturated heterocycles. The molecule has 104 valence electrons. The second-order valence-corrected chi connectivity index (χ2v) is 2.90. The van der Waals surface area contributed by atoms with Gasteiger partial charge in [0.15, 0.2) is 0 Å². The van der Waals surface area contributed by atoms with Gasteiger partial charge in [-0.25, -0.2) is 9.59 Å². The van der Waals surface area contributed by atoms with Gasteiger partial charge in [0.1, 0.15) is 0 Å². The fraction of sp³-hybridized carbons (Fsp3) is 0.500. The van der Waals surface area contributed by atoms with E-state index in [-0.39, 0.29) is 26.4 Å². The maximum absolute atomic E-state index is 10.5. The molecule has 0 spiro atoms. The van der Waals surface area contributed by atoms with E-state index in [1.807, 2.05) is 0 Å². The Balaban J connectivity index is 0. The minimum absolute atomic E-state index is 0.0938. The number of hydrogen-bond donors (Lipinski definition) is 2. The van der Waals surface area contributed by atoms with Crippen molar-refractivity contribution in [3.05, 3.63) is 25.3 Å². The lowest BCUT2D eigenvalue weighted by Crippen LogP contribution is -2.07. The van der Waals surface area contributed by atoms with Crippen molar-refractivity contribution in [2.45, 2.75) is 12.8 Å². The Hall–Kier alpha value is -1.66. The lowest BCUT2D eigenvalue weighted by Gasteiger charge is -2.02. The van der Waals surface area contributed by atoms with Crippen molar-refractivity contribution >= 4 is 11.9 Å². The van der Waals surface area contributed by atoms with Crippen molar-refractivity contribution in [3.8, 4) is 0 Å². The molecule has 0 saturated carbocycles. The van der Waals surface area contributed by atoms with Crippen LogP contribution in [0.1, 0.15) is 12.8 Å². The maximum atomic E-state index is 10.5. The molecular weight excluding hydrogens is 240 g/mol. The highest BCUT2D eigenvalue weighted by Crippen LogP contribution is 1.88. The van der Waals surface area contributed by atoms with Gasteiger partial charge in [0.25, 0.3) is 0 Å². The Kier molecular flexibility index (Phi) is 15.9. The molecule has 0 fully saturated rings. The van der Waals surface area contributed by atoms with Gasteiger partial charge in [0.2, 0.25) is 0 Å². The molecule has 0 aliphatic rings. The Morgan fingerprint density at radius 1 is 0.889 bits per heavy atom. The first-order valence-corrected chi connectivity index (χ1v) is 5.42. The average Bonchev–Trinajstić information content (AvgIpc) is 2.39. The molecule has 0 heterocycles. The predicted octanol–water partition coefficient (Wildman–Crippen LogP) is 0.196. The Morgan fingerprint density at radius 2 is 1.28 bits per heavy atom. The molecular formula is C12H20O6. The number of carbonyl (C=O) groups is 2. The van der Waals surface area contributed by atoms with Gasteiger partial charge in [-0.3, -0.25) is 0 Å². The van der Waals surface area contributed by atoms with Gasteiger partial charge in [-0.15, -0.1) is 0 Å². The third-order valence-electron chi connectivity index (χ3n) is 1.43. The Bertz CT molecular complexity index is 225. The summed E-state index contributed by atoms with van der Waals surface area (Å²) in [5.74, 6) is -0.954. The number of carbonyl (C=O) groups excluding carboxylic acids is 2. The molecule has 0 aromatic carbocycles. The third kappa shape index (κ3) is 16.8. The van der Waals surface area contributed by atoms with Crippen LogP contribution >= 0.6 is 0 Å². The van der Waals surface area contributed by atoms with Crippen LogP contribution < -0.4 is 0 Å². The Morgan fingerprint density at radius 3 is 1.50 bits per heavy atom. The second-order valence-electron chi connectivity index (χ2n) is 2.90. The molecule has 0 amide bonds. The zero-order valence-electron chi connectivity index (χ0n) is 10.3. The number of rotatable bonds is 8. The molecule has 18 heavy (non-hydrogen) atoms. The highest BCUT2D eigenvalue weighted by Gasteiger charge is 1.97. The van der Waals surface area contributed by atoms with Gasteiger partial charge in [0.05, 0.1) is 13.2 Å². The zero-order chi connectivity index (χ0) is 14.2. The van der Waals surface area contributed by atoms with Gasteiger partial charge < -0.3 is 19.7 Å². The average molecular weight is 260 g/mol. The van der Waals surface area contributed by atoms with Crippen molar-refractivity contribution < 1.29 is 29.3 Å². The number of aliphatic hydroxyl groups excluding tert-OH is 2. The standard InChI is InChI=1S/C9H12O4.C3H8O2/c1-3-8(10)12-6-5-7-13-9(11)4-2;4-2-1-3-5/h3-4H,1-2,5-7H2;4-5H,1-3H2. The molecule has 0 aliphatic carbocycles. The number of ether oxygens (including phenoxy) is 2. The molecule has 0 aromatic rings. The molecule has 6 nitrogen and oxygen atoms in total. The van der Waals surface area contributed by atoms with Crippen molar-refractivity contribution in [1.82, 2.24) is 0 Å². The van der Waals surface area contributed by atoms with E-state index in [1.54, 1.807) is 0 Å². The fourth-order valence-electron chi connectivity index (χ4n) is 0.593. The van der Waals surface area contributed by atoms with Crippen LogP contribution in [0.3, 0.4) is 0 Å². The summed E-state index contributed by atoms with van der Waals surface area (Å²) < 4.78 is 9.27. The van der Waals surface area contributed by atoms with Crippen LogP contribution in [0, 0.1) is 0 Å². The van der Waals surface area contributed by atoms with E-state index in [0.29, 0.717) is 12.8 Å². The molecule has 0 atom stereocenters. The smallest absolute Gasteiger partial charge is 0.330 e. The molecule has 0 bridgehead atoms. The lowest BCUT2D eigenvalue weighted by molar-refractivity contribution is -0.140. The first-order chi connectivity index (χ1) is 8.62. The van der Waals surface area contributed by atoms with Crippen molar-refractivity contribution in [3.63, 3.8) is 0 Å². The van der Waals surface area contributed by atoms with E-state index in [4.69, 9.17) is 10.2 Å². The predicted molar refractivity (Wildman–Crippen MR) is 65.7 cm³/mol. The molecule has 0 aromatic heterocycles. The molecule has 0 unspecified atom stereocenters. The monoisotopic (exact) mass is 260 g/mol. The second kappa shape index (κ2) is 15.3. The first kappa shape index (κ1) is 18.7. The molecule has 6 heteroatoms. The summed E-state index contributed by atoms with van der Waals surface area (Å²) in [5, 5.41) is 15.8. The van der Waals surface area contributed by atoms with Gasteiger partial charge >= 0.3 is 11.9 Å². The summed E-state index contributed by atoms with van der Waals surface area (Å²) >= 11 is 0. The van der Waals surface area contributed by atoms with Crippen LogP contribution in [-0.4, -0.2) is 48.6 Å². The van der Waals surface area contributed by atoms with Crippen LogP contribution in [-0.2, 0) is 19.1 Å². The summed E-state index contributed by atoms with van der Waals surface area (Å²) in [6, 6.07) is 0. The summed E-state index contributed by atoms with van der Waals surface area (Å²) in [5.41, 5.74) is 0. The zero-order valence-corrected chi connectivity index (χ0v) is 10.3. The highest BCUT2D eigenvalue weighted by atomic mass is 16.5. The van der Waals surface area contributed by atoms with Crippen LogP contribution in [0.5, 0.6) is 0 Å². The summed E-state index contributed by atoms with van der Waals surface area (Å²) in [6.07, 6.45) is 3.13. The van der Waals surface area contributed by atoms with Gasteiger partial charge in [0, 0.05) is 31.8 Å². The minimum atomic E-state index is -0.477. The van der Waals surface area contributed by atoms with Crippen LogP contribution in [0.4, 0.5) is 0 Å². The van der Waals surface area contributed by atoms with Gasteiger partial charge in [-0.2, -0.15) is 0 Å². The van der Waals surface area contributed by atoms with E-state index in [9.17, 15) is 9.59 Å². The molecule has 0 radical (unpaired) electrons. The van der Waals surface area contributed by atoms with Crippen molar-refractivity contribution in [2.24, 2.45) is 0 Å². The number of aliphatic hydroxyl groups is 2. The topological polar surface area (TPSA) is 93.1 Å². The third-order valence-corrected chi connectivity index (χ3v) is 1.43. The number of esters is 2. The first-order valence-electron chi connectivity index (χ1n) is 5.42. The summed E-state index contributed by atoms with van der Waals surface area (Å²) in [4.78, 5) is 21.0. The lowest BCUT2D eigenvalue weighted by atomic mass is 10.5. The summed E-state index contributed by atoms with van der Waals surface area (Å²) in [7, 11) is 0. The minimum Gasteiger partial charge on any atom is -0.462 e. The van der Waals surface area contributed by atoms with Crippen LogP contribution in [0.2, 0.25) is 0 Å². The highest BCUT2D eigenvalue weighted by molar-refractivity contribution is 5.81. The van der Waals surface area contributed by atoms with E-state index >= 15 is 0 Å². The van der Waals surface area contributed by atoms with Gasteiger partial charge in [-0.1, -0.05) is 13.2 Å². The maximum Gasteiger partial charge on any atom is 0.330 e. The van der Waals surface area contributed by atoms with Crippen molar-refractivity contribution in [2.75, 3.05) is 26.4 Å². The normalized spacial score (nSPS) is 8.56. The van der Waals surface area contributed by atoms with E-state index < -0.39 is 11.9 Å². The van der Waals surface area contributed by atoms with Crippen LogP contribution in [0.15, 0.2) is 25.3 Å². The Labute approximate surface area is 107 Å². The van der Waals surface area contributed by atoms with E-state index in [0.717, 1.165) is 12.2 Å². The largest absolute Gasteiger partial charge is 0.462 e. The SMILES string of the molecule is C=CC(=O)OCCCOC(=O)C=C.OCCCO. The quantitative estimate of drug-likeness (QED) is 0.368. The molecule has 2 N–H and O–H groups in total. The summed E-state index contributed by atoms with van der Waals surface area (Å²) in [6.45, 7) is 7.08.